The SMILES string of the molecule is Nc1ccc2c(c1)CCc1c(-c3ccccc3C(F)(F)F)cc(-c3ccc(O)cc3)nc1-2. The summed E-state index contributed by atoms with van der Waals surface area (Å²) >= 11 is 0. The van der Waals surface area contributed by atoms with Crippen molar-refractivity contribution in [1.82, 2.24) is 4.98 Å². The highest BCUT2D eigenvalue weighted by atomic mass is 19.4. The number of phenolic OH excluding ortho intramolecular Hbond substituents is 1. The summed E-state index contributed by atoms with van der Waals surface area (Å²) in [6.07, 6.45) is -3.24. The number of nitrogen functional groups attached to an aromatic ring is 1. The number of halogens is 3. The Labute approximate surface area is 183 Å². The Kier molecular flexibility index (Phi) is 4.66. The zero-order valence-corrected chi connectivity index (χ0v) is 16.9. The number of nitrogens with two attached hydrogens (primary N) is 1. The maximum atomic E-state index is 13.9. The van der Waals surface area contributed by atoms with Crippen LogP contribution >= 0.6 is 0 Å². The van der Waals surface area contributed by atoms with Crippen LogP contribution < -0.4 is 5.73 Å². The van der Waals surface area contributed by atoms with Gasteiger partial charge in [-0.05, 0) is 83.6 Å². The Morgan fingerprint density at radius 2 is 1.56 bits per heavy atom. The summed E-state index contributed by atoms with van der Waals surface area (Å²) in [4.78, 5) is 4.86. The van der Waals surface area contributed by atoms with E-state index in [0.29, 0.717) is 41.0 Å². The van der Waals surface area contributed by atoms with Crippen molar-refractivity contribution in [1.29, 1.82) is 0 Å². The van der Waals surface area contributed by atoms with Gasteiger partial charge in [0.15, 0.2) is 0 Å². The number of fused-ring (bicyclic) bond motifs is 3. The average Bonchev–Trinajstić information content (AvgIpc) is 2.78. The zero-order valence-electron chi connectivity index (χ0n) is 16.9. The van der Waals surface area contributed by atoms with Crippen LogP contribution in [0.3, 0.4) is 0 Å². The van der Waals surface area contributed by atoms with Crippen molar-refractivity contribution < 1.29 is 18.3 Å². The van der Waals surface area contributed by atoms with Crippen molar-refractivity contribution in [3.05, 3.63) is 89.5 Å². The van der Waals surface area contributed by atoms with E-state index in [1.165, 1.54) is 24.3 Å². The third kappa shape index (κ3) is 3.47. The Morgan fingerprint density at radius 3 is 2.31 bits per heavy atom. The largest absolute Gasteiger partial charge is 0.508 e. The number of aromatic nitrogens is 1. The lowest BCUT2D eigenvalue weighted by Crippen LogP contribution is -2.12. The number of anilines is 1. The number of aryl methyl sites for hydroxylation is 1. The zero-order chi connectivity index (χ0) is 22.5. The number of benzene rings is 3. The summed E-state index contributed by atoms with van der Waals surface area (Å²) in [6, 6.07) is 19.4. The molecule has 0 unspecified atom stereocenters. The number of rotatable bonds is 2. The van der Waals surface area contributed by atoms with E-state index in [9.17, 15) is 18.3 Å². The van der Waals surface area contributed by atoms with Crippen LogP contribution in [0.15, 0.2) is 72.8 Å². The minimum atomic E-state index is -4.48. The van der Waals surface area contributed by atoms with E-state index in [-0.39, 0.29) is 11.3 Å². The molecule has 0 fully saturated rings. The van der Waals surface area contributed by atoms with Gasteiger partial charge in [-0.15, -0.1) is 0 Å². The number of hydrogen-bond donors (Lipinski definition) is 2. The van der Waals surface area contributed by atoms with Crippen molar-refractivity contribution in [3.8, 4) is 39.4 Å². The van der Waals surface area contributed by atoms with Crippen LogP contribution in [-0.4, -0.2) is 10.1 Å². The molecule has 4 aromatic rings. The first-order chi connectivity index (χ1) is 15.3. The summed E-state index contributed by atoms with van der Waals surface area (Å²) in [7, 11) is 0. The number of hydrogen-bond acceptors (Lipinski definition) is 3. The number of nitrogens with zero attached hydrogens (tertiary/aromatic N) is 1. The predicted molar refractivity (Wildman–Crippen MR) is 119 cm³/mol. The van der Waals surface area contributed by atoms with Gasteiger partial charge in [0, 0.05) is 16.8 Å². The highest BCUT2D eigenvalue weighted by Crippen LogP contribution is 2.44. The highest BCUT2D eigenvalue weighted by molar-refractivity contribution is 5.85. The molecule has 5 rings (SSSR count). The molecule has 0 bridgehead atoms. The molecule has 3 N–H and O–H groups in total. The minimum absolute atomic E-state index is 0.107. The van der Waals surface area contributed by atoms with Gasteiger partial charge in [0.25, 0.3) is 0 Å². The minimum Gasteiger partial charge on any atom is -0.508 e. The van der Waals surface area contributed by atoms with Crippen LogP contribution in [0.25, 0.3) is 33.6 Å². The molecule has 1 aromatic heterocycles. The van der Waals surface area contributed by atoms with Crippen LogP contribution in [0.1, 0.15) is 16.7 Å². The second-order valence-electron chi connectivity index (χ2n) is 7.89. The van der Waals surface area contributed by atoms with Crippen molar-refractivity contribution in [3.63, 3.8) is 0 Å². The van der Waals surface area contributed by atoms with Crippen molar-refractivity contribution in [2.24, 2.45) is 0 Å². The van der Waals surface area contributed by atoms with Gasteiger partial charge in [-0.2, -0.15) is 13.2 Å². The van der Waals surface area contributed by atoms with E-state index in [0.717, 1.165) is 22.8 Å². The summed E-state index contributed by atoms with van der Waals surface area (Å²) in [5.74, 6) is 0.107. The second kappa shape index (κ2) is 7.41. The maximum Gasteiger partial charge on any atom is 0.417 e. The fourth-order valence-corrected chi connectivity index (χ4v) is 4.34. The van der Waals surface area contributed by atoms with E-state index in [1.54, 1.807) is 30.3 Å². The molecule has 0 saturated heterocycles. The van der Waals surface area contributed by atoms with Crippen LogP contribution in [0.4, 0.5) is 18.9 Å². The van der Waals surface area contributed by atoms with E-state index < -0.39 is 11.7 Å². The van der Waals surface area contributed by atoms with Crippen molar-refractivity contribution in [2.75, 3.05) is 5.73 Å². The Hall–Kier alpha value is -3.80. The lowest BCUT2D eigenvalue weighted by Gasteiger charge is -2.24. The van der Waals surface area contributed by atoms with Crippen LogP contribution in [0.5, 0.6) is 5.75 Å². The van der Waals surface area contributed by atoms with Crippen molar-refractivity contribution >= 4 is 5.69 Å². The molecule has 3 nitrogen and oxygen atoms in total. The first-order valence-corrected chi connectivity index (χ1v) is 10.2. The average molecular weight is 432 g/mol. The molecule has 6 heteroatoms. The van der Waals surface area contributed by atoms with E-state index >= 15 is 0 Å². The standard InChI is InChI=1S/C26H19F3N2O/c27-26(28,29)23-4-2-1-3-20(23)22-14-24(15-5-9-18(32)10-6-15)31-25-19-12-8-17(30)13-16(19)7-11-21(22)25/h1-6,8-10,12-14,32H,7,11,30H2. The second-order valence-corrected chi connectivity index (χ2v) is 7.89. The van der Waals surface area contributed by atoms with Gasteiger partial charge in [0.05, 0.1) is 17.0 Å². The fraction of sp³-hybridized carbons (Fsp3) is 0.115. The van der Waals surface area contributed by atoms with Crippen molar-refractivity contribution in [2.45, 2.75) is 19.0 Å². The summed E-state index contributed by atoms with van der Waals surface area (Å²) in [5.41, 5.74) is 11.2. The van der Waals surface area contributed by atoms with Gasteiger partial charge >= 0.3 is 6.18 Å². The first-order valence-electron chi connectivity index (χ1n) is 10.2. The molecule has 1 aliphatic carbocycles. The lowest BCUT2D eigenvalue weighted by atomic mass is 9.83. The molecule has 0 radical (unpaired) electrons. The van der Waals surface area contributed by atoms with E-state index in [4.69, 9.17) is 10.7 Å². The monoisotopic (exact) mass is 432 g/mol. The molecule has 1 heterocycles. The van der Waals surface area contributed by atoms with Crippen LogP contribution in [-0.2, 0) is 19.0 Å². The molecular formula is C26H19F3N2O. The fourth-order valence-electron chi connectivity index (χ4n) is 4.34. The van der Waals surface area contributed by atoms with Gasteiger partial charge in [-0.1, -0.05) is 24.3 Å². The molecule has 3 aromatic carbocycles. The molecule has 0 aliphatic heterocycles. The Bertz CT molecular complexity index is 1330. The predicted octanol–water partition coefficient (Wildman–Crippen LogP) is 6.49. The normalized spacial score (nSPS) is 12.8. The molecule has 1 aliphatic rings. The van der Waals surface area contributed by atoms with E-state index in [1.807, 2.05) is 12.1 Å². The first kappa shape index (κ1) is 20.1. The summed E-state index contributed by atoms with van der Waals surface area (Å²) in [5, 5.41) is 9.65. The Balaban J connectivity index is 1.82. The lowest BCUT2D eigenvalue weighted by molar-refractivity contribution is -0.137. The van der Waals surface area contributed by atoms with Gasteiger partial charge in [-0.25, -0.2) is 4.98 Å². The molecular weight excluding hydrogens is 413 g/mol. The van der Waals surface area contributed by atoms with E-state index in [2.05, 4.69) is 0 Å². The molecule has 160 valence electrons. The molecule has 0 amide bonds. The third-order valence-electron chi connectivity index (χ3n) is 5.84. The highest BCUT2D eigenvalue weighted by Gasteiger charge is 2.34. The third-order valence-corrected chi connectivity index (χ3v) is 5.84. The number of aromatic hydroxyl groups is 1. The van der Waals surface area contributed by atoms with Gasteiger partial charge in [-0.3, -0.25) is 0 Å². The number of phenols is 1. The topological polar surface area (TPSA) is 59.1 Å². The van der Waals surface area contributed by atoms with Gasteiger partial charge < -0.3 is 10.8 Å². The summed E-state index contributed by atoms with van der Waals surface area (Å²) in [6.45, 7) is 0. The smallest absolute Gasteiger partial charge is 0.417 e. The molecule has 0 saturated carbocycles. The number of alkyl halides is 3. The summed E-state index contributed by atoms with van der Waals surface area (Å²) < 4.78 is 41.6. The van der Waals surface area contributed by atoms with Crippen LogP contribution in [0.2, 0.25) is 0 Å². The quantitative estimate of drug-likeness (QED) is 0.356. The molecule has 32 heavy (non-hydrogen) atoms. The molecule has 0 atom stereocenters. The van der Waals surface area contributed by atoms with Gasteiger partial charge in [0.2, 0.25) is 0 Å². The molecule has 0 spiro atoms. The van der Waals surface area contributed by atoms with Crippen LogP contribution in [0, 0.1) is 0 Å². The maximum absolute atomic E-state index is 13.9. The number of pyridine rings is 1. The Morgan fingerprint density at radius 1 is 0.812 bits per heavy atom. The van der Waals surface area contributed by atoms with Gasteiger partial charge in [0.1, 0.15) is 5.75 Å².